The Balaban J connectivity index is 1.93. The van der Waals surface area contributed by atoms with Crippen LogP contribution in [-0.4, -0.2) is 25.4 Å². The van der Waals surface area contributed by atoms with E-state index in [9.17, 15) is 0 Å². The summed E-state index contributed by atoms with van der Waals surface area (Å²) in [4.78, 5) is 0. The summed E-state index contributed by atoms with van der Waals surface area (Å²) in [6.07, 6.45) is 2.05. The molecule has 1 heterocycles. The largest absolute Gasteiger partial charge is 0.497 e. The standard InChI is InChI=1S/C19H23BO3/c1-18(2)19(3,4)23-20(22-18)11-10-15-13-16(21-5)12-14-8-6-7-9-17(14)15/h6-13H,1-5H3. The van der Waals surface area contributed by atoms with Gasteiger partial charge in [-0.15, -0.1) is 0 Å². The molecule has 0 N–H and O–H groups in total. The highest BCUT2D eigenvalue weighted by molar-refractivity contribution is 6.52. The predicted octanol–water partition coefficient (Wildman–Crippen LogP) is 4.49. The molecule has 0 saturated carbocycles. The minimum Gasteiger partial charge on any atom is -0.497 e. The van der Waals surface area contributed by atoms with Crippen molar-refractivity contribution in [1.82, 2.24) is 0 Å². The van der Waals surface area contributed by atoms with Gasteiger partial charge in [-0.05, 0) is 56.2 Å². The molecule has 1 aliphatic heterocycles. The SMILES string of the molecule is COc1cc(C=CB2OC(C)(C)C(C)(C)O2)c2ccccc2c1. The van der Waals surface area contributed by atoms with Crippen molar-refractivity contribution in [3.63, 3.8) is 0 Å². The number of hydrogen-bond acceptors (Lipinski definition) is 3. The number of ether oxygens (including phenoxy) is 1. The highest BCUT2D eigenvalue weighted by Gasteiger charge is 2.49. The van der Waals surface area contributed by atoms with Gasteiger partial charge < -0.3 is 14.0 Å². The maximum Gasteiger partial charge on any atom is 0.487 e. The van der Waals surface area contributed by atoms with E-state index in [0.29, 0.717) is 0 Å². The molecule has 0 radical (unpaired) electrons. The fourth-order valence-electron chi connectivity index (χ4n) is 2.72. The van der Waals surface area contributed by atoms with E-state index < -0.39 is 0 Å². The molecular formula is C19H23BO3. The lowest BCUT2D eigenvalue weighted by molar-refractivity contribution is 0.00578. The van der Waals surface area contributed by atoms with Crippen LogP contribution in [0.2, 0.25) is 0 Å². The van der Waals surface area contributed by atoms with Crippen molar-refractivity contribution in [2.45, 2.75) is 38.9 Å². The third kappa shape index (κ3) is 3.01. The van der Waals surface area contributed by atoms with E-state index in [2.05, 4.69) is 39.8 Å². The van der Waals surface area contributed by atoms with Gasteiger partial charge in [-0.2, -0.15) is 0 Å². The maximum atomic E-state index is 6.01. The number of hydrogen-bond donors (Lipinski definition) is 0. The van der Waals surface area contributed by atoms with E-state index in [1.165, 1.54) is 5.39 Å². The van der Waals surface area contributed by atoms with Crippen molar-refractivity contribution < 1.29 is 14.0 Å². The first-order valence-corrected chi connectivity index (χ1v) is 7.93. The van der Waals surface area contributed by atoms with Gasteiger partial charge in [0.05, 0.1) is 18.3 Å². The summed E-state index contributed by atoms with van der Waals surface area (Å²) in [5, 5.41) is 2.33. The van der Waals surface area contributed by atoms with E-state index in [1.54, 1.807) is 7.11 Å². The first-order chi connectivity index (χ1) is 10.8. The summed E-state index contributed by atoms with van der Waals surface area (Å²) >= 11 is 0. The van der Waals surface area contributed by atoms with Gasteiger partial charge in [0.25, 0.3) is 0 Å². The van der Waals surface area contributed by atoms with Crippen LogP contribution in [0.25, 0.3) is 16.8 Å². The first kappa shape index (κ1) is 16.1. The van der Waals surface area contributed by atoms with E-state index in [4.69, 9.17) is 14.0 Å². The van der Waals surface area contributed by atoms with Crippen molar-refractivity contribution in [1.29, 1.82) is 0 Å². The second-order valence-corrected chi connectivity index (χ2v) is 6.92. The van der Waals surface area contributed by atoms with Crippen LogP contribution in [-0.2, 0) is 9.31 Å². The molecule has 0 bridgehead atoms. The zero-order chi connectivity index (χ0) is 16.7. The van der Waals surface area contributed by atoms with Crippen LogP contribution in [0.15, 0.2) is 42.4 Å². The lowest BCUT2D eigenvalue weighted by Gasteiger charge is -2.32. The zero-order valence-corrected chi connectivity index (χ0v) is 14.4. The Morgan fingerprint density at radius 2 is 1.65 bits per heavy atom. The van der Waals surface area contributed by atoms with Gasteiger partial charge in [-0.3, -0.25) is 0 Å². The van der Waals surface area contributed by atoms with Gasteiger partial charge in [-0.1, -0.05) is 36.3 Å². The summed E-state index contributed by atoms with van der Waals surface area (Å²) in [5.74, 6) is 2.81. The molecule has 1 fully saturated rings. The van der Waals surface area contributed by atoms with Crippen LogP contribution in [0.4, 0.5) is 0 Å². The predicted molar refractivity (Wildman–Crippen MR) is 95.6 cm³/mol. The second-order valence-electron chi connectivity index (χ2n) is 6.92. The summed E-state index contributed by atoms with van der Waals surface area (Å²) in [5.41, 5.74) is 0.450. The molecular weight excluding hydrogens is 287 g/mol. The smallest absolute Gasteiger partial charge is 0.487 e. The Labute approximate surface area is 138 Å². The number of benzene rings is 2. The maximum absolute atomic E-state index is 6.01. The molecule has 23 heavy (non-hydrogen) atoms. The third-order valence-corrected chi connectivity index (χ3v) is 4.81. The monoisotopic (exact) mass is 310 g/mol. The highest BCUT2D eigenvalue weighted by atomic mass is 16.7. The van der Waals surface area contributed by atoms with Crippen LogP contribution in [0.5, 0.6) is 5.75 Å². The second kappa shape index (κ2) is 5.70. The van der Waals surface area contributed by atoms with Crippen molar-refractivity contribution in [3.8, 4) is 5.75 Å². The Bertz CT molecular complexity index is 733. The normalized spacial score (nSPS) is 19.6. The minimum absolute atomic E-state index is 0.321. The summed E-state index contributed by atoms with van der Waals surface area (Å²) in [6, 6.07) is 12.3. The molecule has 4 heteroatoms. The quantitative estimate of drug-likeness (QED) is 0.782. The van der Waals surface area contributed by atoms with Gasteiger partial charge in [0.15, 0.2) is 0 Å². The van der Waals surface area contributed by atoms with Crippen LogP contribution < -0.4 is 4.74 Å². The molecule has 2 aromatic rings. The fourth-order valence-corrected chi connectivity index (χ4v) is 2.72. The van der Waals surface area contributed by atoms with Gasteiger partial charge >= 0.3 is 7.12 Å². The summed E-state index contributed by atoms with van der Waals surface area (Å²) < 4.78 is 17.4. The molecule has 0 aromatic heterocycles. The fraction of sp³-hybridized carbons (Fsp3) is 0.368. The van der Waals surface area contributed by atoms with Gasteiger partial charge in [0, 0.05) is 0 Å². The van der Waals surface area contributed by atoms with Gasteiger partial charge in [0.2, 0.25) is 0 Å². The van der Waals surface area contributed by atoms with Crippen LogP contribution in [0.3, 0.4) is 0 Å². The molecule has 0 atom stereocenters. The number of fused-ring (bicyclic) bond motifs is 1. The molecule has 3 rings (SSSR count). The molecule has 120 valence electrons. The highest BCUT2D eigenvalue weighted by Crippen LogP contribution is 2.37. The lowest BCUT2D eigenvalue weighted by atomic mass is 9.88. The van der Waals surface area contributed by atoms with E-state index in [0.717, 1.165) is 16.7 Å². The average Bonchev–Trinajstić information content (AvgIpc) is 2.72. The Morgan fingerprint density at radius 1 is 1.00 bits per heavy atom. The lowest BCUT2D eigenvalue weighted by Crippen LogP contribution is -2.41. The topological polar surface area (TPSA) is 27.7 Å². The zero-order valence-electron chi connectivity index (χ0n) is 14.4. The molecule has 0 unspecified atom stereocenters. The Kier molecular flexibility index (Phi) is 3.99. The van der Waals surface area contributed by atoms with Crippen molar-refractivity contribution in [2.75, 3.05) is 7.11 Å². The van der Waals surface area contributed by atoms with Gasteiger partial charge in [-0.25, -0.2) is 0 Å². The molecule has 2 aromatic carbocycles. The Hall–Kier alpha value is -1.78. The van der Waals surface area contributed by atoms with E-state index in [1.807, 2.05) is 36.3 Å². The van der Waals surface area contributed by atoms with E-state index >= 15 is 0 Å². The summed E-state index contributed by atoms with van der Waals surface area (Å²) in [7, 11) is 1.34. The van der Waals surface area contributed by atoms with Crippen molar-refractivity contribution in [3.05, 3.63) is 47.9 Å². The van der Waals surface area contributed by atoms with Crippen LogP contribution in [0, 0.1) is 0 Å². The minimum atomic E-state index is -0.343. The number of rotatable bonds is 3. The molecule has 0 spiro atoms. The molecule has 1 saturated heterocycles. The van der Waals surface area contributed by atoms with Crippen LogP contribution >= 0.6 is 0 Å². The van der Waals surface area contributed by atoms with E-state index in [-0.39, 0.29) is 18.3 Å². The van der Waals surface area contributed by atoms with Crippen molar-refractivity contribution in [2.24, 2.45) is 0 Å². The van der Waals surface area contributed by atoms with Crippen LogP contribution in [0.1, 0.15) is 33.3 Å². The molecule has 0 aliphatic carbocycles. The Morgan fingerprint density at radius 3 is 2.30 bits per heavy atom. The molecule has 1 aliphatic rings. The first-order valence-electron chi connectivity index (χ1n) is 7.93. The molecule has 3 nitrogen and oxygen atoms in total. The van der Waals surface area contributed by atoms with Gasteiger partial charge in [0.1, 0.15) is 5.75 Å². The summed E-state index contributed by atoms with van der Waals surface area (Å²) in [6.45, 7) is 8.23. The third-order valence-electron chi connectivity index (χ3n) is 4.81. The number of methoxy groups -OCH3 is 1. The average molecular weight is 310 g/mol. The molecule has 0 amide bonds. The van der Waals surface area contributed by atoms with Crippen molar-refractivity contribution >= 4 is 24.0 Å².